The molecule has 0 spiro atoms. The van der Waals surface area contributed by atoms with Gasteiger partial charge in [0.05, 0.1) is 17.2 Å². The lowest BCUT2D eigenvalue weighted by Gasteiger charge is -2.16. The minimum Gasteiger partial charge on any atom is -0.328 e. The van der Waals surface area contributed by atoms with Crippen molar-refractivity contribution in [2.45, 2.75) is 0 Å². The van der Waals surface area contributed by atoms with E-state index >= 15 is 0 Å². The van der Waals surface area contributed by atoms with Crippen LogP contribution in [0.3, 0.4) is 0 Å². The number of benzene rings is 3. The molecule has 0 bridgehead atoms. The molecule has 0 aliphatic rings. The van der Waals surface area contributed by atoms with E-state index in [-0.39, 0.29) is 11.4 Å². The summed E-state index contributed by atoms with van der Waals surface area (Å²) in [6.07, 6.45) is 1.53. The fourth-order valence-electron chi connectivity index (χ4n) is 3.38. The third-order valence-electron chi connectivity index (χ3n) is 4.64. The molecule has 134 valence electrons. The van der Waals surface area contributed by atoms with E-state index in [1.807, 2.05) is 30.3 Å². The predicted molar refractivity (Wildman–Crippen MR) is 108 cm³/mol. The topological polar surface area (TPSA) is 56.6 Å². The number of halogens is 1. The first-order valence-electron chi connectivity index (χ1n) is 8.76. The highest BCUT2D eigenvalue weighted by molar-refractivity contribution is 5.94. The van der Waals surface area contributed by atoms with Crippen LogP contribution in [0.5, 0.6) is 0 Å². The maximum absolute atomic E-state index is 14.6. The van der Waals surface area contributed by atoms with Crippen molar-refractivity contribution in [1.82, 2.24) is 4.98 Å². The van der Waals surface area contributed by atoms with Gasteiger partial charge in [0.2, 0.25) is 0 Å². The van der Waals surface area contributed by atoms with Crippen LogP contribution in [0.15, 0.2) is 89.9 Å². The van der Waals surface area contributed by atoms with E-state index in [1.165, 1.54) is 12.3 Å². The van der Waals surface area contributed by atoms with Crippen LogP contribution in [-0.2, 0) is 0 Å². The number of hydrogen-bond acceptors (Lipinski definition) is 2. The van der Waals surface area contributed by atoms with Gasteiger partial charge in [0.25, 0.3) is 5.56 Å². The molecule has 0 aliphatic carbocycles. The molecular formula is C24H15FN2O. The summed E-state index contributed by atoms with van der Waals surface area (Å²) >= 11 is 0. The van der Waals surface area contributed by atoms with Crippen molar-refractivity contribution in [3.05, 3.63) is 107 Å². The van der Waals surface area contributed by atoms with E-state index in [1.54, 1.807) is 42.5 Å². The molecule has 4 heteroatoms. The van der Waals surface area contributed by atoms with Crippen molar-refractivity contribution in [2.75, 3.05) is 0 Å². The molecular weight excluding hydrogens is 351 g/mol. The predicted octanol–water partition coefficient (Wildman–Crippen LogP) is 5.39. The molecule has 4 rings (SSSR count). The quantitative estimate of drug-likeness (QED) is 0.529. The lowest BCUT2D eigenvalue weighted by molar-refractivity contribution is 0.631. The van der Waals surface area contributed by atoms with Gasteiger partial charge in [0.15, 0.2) is 0 Å². The Morgan fingerprint density at radius 3 is 2.11 bits per heavy atom. The molecule has 4 aromatic rings. The average molecular weight is 366 g/mol. The third kappa shape index (κ3) is 3.00. The Morgan fingerprint density at radius 1 is 0.750 bits per heavy atom. The van der Waals surface area contributed by atoms with Gasteiger partial charge in [-0.1, -0.05) is 66.7 Å². The summed E-state index contributed by atoms with van der Waals surface area (Å²) in [6, 6.07) is 24.9. The molecule has 1 aromatic heterocycles. The number of H-pyrrole nitrogens is 1. The number of aromatic amines is 1. The molecule has 1 N–H and O–H groups in total. The molecule has 0 aliphatic heterocycles. The Morgan fingerprint density at radius 2 is 1.39 bits per heavy atom. The van der Waals surface area contributed by atoms with Crippen molar-refractivity contribution in [3.63, 3.8) is 0 Å². The first-order valence-corrected chi connectivity index (χ1v) is 8.76. The monoisotopic (exact) mass is 366 g/mol. The number of pyridine rings is 1. The Bertz CT molecular complexity index is 1250. The standard InChI is InChI=1S/C24H15FN2O/c25-21-13-7-6-12-19(21)20-15-27-24(28)23(18-11-5-4-10-17(18)14-26)22(20)16-8-2-1-3-9-16/h1-13,15H,(H,27,28). The number of nitrogens with zero attached hydrogens (tertiary/aromatic N) is 1. The summed E-state index contributed by atoms with van der Waals surface area (Å²) in [5.41, 5.74) is 3.23. The zero-order chi connectivity index (χ0) is 19.5. The van der Waals surface area contributed by atoms with E-state index < -0.39 is 0 Å². The fraction of sp³-hybridized carbons (Fsp3) is 0. The van der Waals surface area contributed by atoms with Crippen LogP contribution in [-0.4, -0.2) is 4.98 Å². The molecule has 3 aromatic carbocycles. The summed E-state index contributed by atoms with van der Waals surface area (Å²) in [7, 11) is 0. The largest absolute Gasteiger partial charge is 0.328 e. The SMILES string of the molecule is N#Cc1ccccc1-c1c(-c2ccccc2)c(-c2ccccc2F)c[nH]c1=O. The van der Waals surface area contributed by atoms with Crippen molar-refractivity contribution >= 4 is 0 Å². The first kappa shape index (κ1) is 17.4. The van der Waals surface area contributed by atoms with Gasteiger partial charge in [-0.05, 0) is 17.7 Å². The average Bonchev–Trinajstić information content (AvgIpc) is 2.75. The second kappa shape index (κ2) is 7.34. The number of nitrogens with one attached hydrogen (secondary N) is 1. The van der Waals surface area contributed by atoms with Gasteiger partial charge >= 0.3 is 0 Å². The summed E-state index contributed by atoms with van der Waals surface area (Å²) in [5.74, 6) is -0.383. The Balaban J connectivity index is 2.16. The number of nitriles is 1. The lowest BCUT2D eigenvalue weighted by Crippen LogP contribution is -2.12. The Kier molecular flexibility index (Phi) is 4.57. The van der Waals surface area contributed by atoms with Gasteiger partial charge in [0.1, 0.15) is 5.82 Å². The molecule has 0 fully saturated rings. The molecule has 0 unspecified atom stereocenters. The summed E-state index contributed by atoms with van der Waals surface area (Å²) in [4.78, 5) is 15.6. The van der Waals surface area contributed by atoms with Gasteiger partial charge in [-0.2, -0.15) is 5.26 Å². The number of hydrogen-bond donors (Lipinski definition) is 1. The first-order chi connectivity index (χ1) is 13.7. The number of aromatic nitrogens is 1. The van der Waals surface area contributed by atoms with Crippen molar-refractivity contribution in [2.24, 2.45) is 0 Å². The van der Waals surface area contributed by atoms with Crippen LogP contribution < -0.4 is 5.56 Å². The third-order valence-corrected chi connectivity index (χ3v) is 4.64. The van der Waals surface area contributed by atoms with Gasteiger partial charge in [-0.15, -0.1) is 0 Å². The minimum atomic E-state index is -0.383. The zero-order valence-corrected chi connectivity index (χ0v) is 14.8. The molecule has 0 saturated heterocycles. The lowest BCUT2D eigenvalue weighted by atomic mass is 9.88. The van der Waals surface area contributed by atoms with Gasteiger partial charge in [0, 0.05) is 28.5 Å². The summed E-state index contributed by atoms with van der Waals surface area (Å²) in [5, 5.41) is 9.54. The second-order valence-electron chi connectivity index (χ2n) is 6.28. The van der Waals surface area contributed by atoms with Crippen molar-refractivity contribution in [3.8, 4) is 39.4 Å². The molecule has 1 heterocycles. The normalized spacial score (nSPS) is 10.4. The highest BCUT2D eigenvalue weighted by Gasteiger charge is 2.20. The molecule has 0 amide bonds. The fourth-order valence-corrected chi connectivity index (χ4v) is 3.38. The smallest absolute Gasteiger partial charge is 0.256 e. The van der Waals surface area contributed by atoms with Crippen LogP contribution in [0.2, 0.25) is 0 Å². The van der Waals surface area contributed by atoms with Crippen molar-refractivity contribution < 1.29 is 4.39 Å². The van der Waals surface area contributed by atoms with Crippen LogP contribution in [0.4, 0.5) is 4.39 Å². The summed E-state index contributed by atoms with van der Waals surface area (Å²) < 4.78 is 14.6. The van der Waals surface area contributed by atoms with Crippen LogP contribution >= 0.6 is 0 Å². The molecule has 0 atom stereocenters. The van der Waals surface area contributed by atoms with Crippen molar-refractivity contribution in [1.29, 1.82) is 5.26 Å². The van der Waals surface area contributed by atoms with E-state index in [9.17, 15) is 14.4 Å². The molecule has 0 radical (unpaired) electrons. The van der Waals surface area contributed by atoms with Crippen LogP contribution in [0.25, 0.3) is 33.4 Å². The Hall–Kier alpha value is -3.97. The van der Waals surface area contributed by atoms with Crippen LogP contribution in [0.1, 0.15) is 5.56 Å². The van der Waals surface area contributed by atoms with E-state index in [0.717, 1.165) is 5.56 Å². The molecule has 28 heavy (non-hydrogen) atoms. The molecule has 0 saturated carbocycles. The highest BCUT2D eigenvalue weighted by Crippen LogP contribution is 2.39. The summed E-state index contributed by atoms with van der Waals surface area (Å²) in [6.45, 7) is 0. The highest BCUT2D eigenvalue weighted by atomic mass is 19.1. The van der Waals surface area contributed by atoms with Gasteiger partial charge in [-0.25, -0.2) is 4.39 Å². The van der Waals surface area contributed by atoms with E-state index in [4.69, 9.17) is 0 Å². The molecule has 3 nitrogen and oxygen atoms in total. The maximum atomic E-state index is 14.6. The van der Waals surface area contributed by atoms with Crippen LogP contribution in [0, 0.1) is 17.1 Å². The zero-order valence-electron chi connectivity index (χ0n) is 14.8. The van der Waals surface area contributed by atoms with E-state index in [0.29, 0.717) is 33.4 Å². The van der Waals surface area contributed by atoms with Gasteiger partial charge in [-0.3, -0.25) is 4.79 Å². The van der Waals surface area contributed by atoms with Gasteiger partial charge < -0.3 is 4.98 Å². The van der Waals surface area contributed by atoms with E-state index in [2.05, 4.69) is 11.1 Å². The maximum Gasteiger partial charge on any atom is 0.256 e. The minimum absolute atomic E-state index is 0.332. The second-order valence-corrected chi connectivity index (χ2v) is 6.28. The number of rotatable bonds is 3. The Labute approximate surface area is 161 Å².